The second kappa shape index (κ2) is 6.77. The molecule has 0 aliphatic rings. The number of thiophene rings is 1. The fraction of sp³-hybridized carbons (Fsp3) is 0.500. The van der Waals surface area contributed by atoms with Crippen LogP contribution in [0.3, 0.4) is 0 Å². The zero-order chi connectivity index (χ0) is 14.6. The van der Waals surface area contributed by atoms with Crippen molar-refractivity contribution in [3.05, 3.63) is 21.3 Å². The van der Waals surface area contributed by atoms with E-state index in [1.54, 1.807) is 19.9 Å². The van der Waals surface area contributed by atoms with Crippen LogP contribution >= 0.6 is 22.9 Å². The summed E-state index contributed by atoms with van der Waals surface area (Å²) in [4.78, 5) is 23.6. The molecule has 1 heterocycles. The fourth-order valence-corrected chi connectivity index (χ4v) is 2.59. The van der Waals surface area contributed by atoms with Gasteiger partial charge < -0.3 is 15.7 Å². The lowest BCUT2D eigenvalue weighted by Gasteiger charge is -2.20. The summed E-state index contributed by atoms with van der Waals surface area (Å²) in [5.41, 5.74) is 0. The summed E-state index contributed by atoms with van der Waals surface area (Å²) in [6.07, 6.45) is 0. The topological polar surface area (TPSA) is 78.4 Å². The maximum Gasteiger partial charge on any atom is 0.326 e. The maximum absolute atomic E-state index is 11.7. The predicted molar refractivity (Wildman–Crippen MR) is 75.7 cm³/mol. The molecule has 0 spiro atoms. The van der Waals surface area contributed by atoms with E-state index < -0.39 is 18.0 Å². The maximum atomic E-state index is 11.7. The van der Waals surface area contributed by atoms with Gasteiger partial charge in [-0.3, -0.25) is 0 Å². The minimum absolute atomic E-state index is 0.185. The summed E-state index contributed by atoms with van der Waals surface area (Å²) in [5.74, 6) is -1.23. The molecule has 7 heteroatoms. The SMILES string of the molecule is CC(NC(=O)NC(C(=O)O)C(C)C)c1ccc(Cl)s1. The molecule has 0 saturated carbocycles. The Hall–Kier alpha value is -1.27. The van der Waals surface area contributed by atoms with Crippen LogP contribution in [0.2, 0.25) is 4.34 Å². The first-order valence-electron chi connectivity index (χ1n) is 5.86. The molecule has 19 heavy (non-hydrogen) atoms. The van der Waals surface area contributed by atoms with Crippen LogP contribution in [0.25, 0.3) is 0 Å². The molecule has 106 valence electrons. The van der Waals surface area contributed by atoms with Crippen LogP contribution in [-0.4, -0.2) is 23.1 Å². The molecular weight excluding hydrogens is 288 g/mol. The second-order valence-electron chi connectivity index (χ2n) is 4.54. The Bertz CT molecular complexity index is 462. The molecule has 0 aliphatic carbocycles. The Kier molecular flexibility index (Phi) is 5.62. The quantitative estimate of drug-likeness (QED) is 0.782. The average Bonchev–Trinajstić information content (AvgIpc) is 2.72. The van der Waals surface area contributed by atoms with Gasteiger partial charge in [-0.1, -0.05) is 25.4 Å². The number of aliphatic carboxylic acids is 1. The van der Waals surface area contributed by atoms with Gasteiger partial charge >= 0.3 is 12.0 Å². The molecule has 0 radical (unpaired) electrons. The summed E-state index contributed by atoms with van der Waals surface area (Å²) in [5, 5.41) is 14.1. The average molecular weight is 305 g/mol. The normalized spacial score (nSPS) is 13.9. The zero-order valence-electron chi connectivity index (χ0n) is 10.9. The van der Waals surface area contributed by atoms with Gasteiger partial charge in [-0.2, -0.15) is 0 Å². The lowest BCUT2D eigenvalue weighted by atomic mass is 10.1. The van der Waals surface area contributed by atoms with E-state index in [2.05, 4.69) is 10.6 Å². The van der Waals surface area contributed by atoms with Gasteiger partial charge in [0.05, 0.1) is 10.4 Å². The number of halogens is 1. The van der Waals surface area contributed by atoms with Gasteiger partial charge in [0.2, 0.25) is 0 Å². The van der Waals surface area contributed by atoms with Crippen molar-refractivity contribution in [1.82, 2.24) is 10.6 Å². The number of carbonyl (C=O) groups excluding carboxylic acids is 1. The monoisotopic (exact) mass is 304 g/mol. The standard InChI is InChI=1S/C12H17ClN2O3S/c1-6(2)10(11(16)17)15-12(18)14-7(3)8-4-5-9(13)19-8/h4-7,10H,1-3H3,(H,16,17)(H2,14,15,18). The van der Waals surface area contributed by atoms with Crippen LogP contribution in [0.5, 0.6) is 0 Å². The first-order valence-corrected chi connectivity index (χ1v) is 7.05. The van der Waals surface area contributed by atoms with Crippen molar-refractivity contribution < 1.29 is 14.7 Å². The molecule has 0 saturated heterocycles. The molecule has 1 aromatic rings. The summed E-state index contributed by atoms with van der Waals surface area (Å²) in [6, 6.07) is 1.96. The van der Waals surface area contributed by atoms with Gasteiger partial charge in [-0.15, -0.1) is 11.3 Å². The van der Waals surface area contributed by atoms with Crippen LogP contribution in [0.15, 0.2) is 12.1 Å². The highest BCUT2D eigenvalue weighted by Crippen LogP contribution is 2.26. The number of carboxylic acid groups (broad SMARTS) is 1. The van der Waals surface area contributed by atoms with Crippen molar-refractivity contribution in [2.75, 3.05) is 0 Å². The van der Waals surface area contributed by atoms with Crippen LogP contribution in [0, 0.1) is 5.92 Å². The highest BCUT2D eigenvalue weighted by Gasteiger charge is 2.24. The number of carbonyl (C=O) groups is 2. The summed E-state index contributed by atoms with van der Waals surface area (Å²) in [7, 11) is 0. The molecule has 0 aromatic carbocycles. The minimum Gasteiger partial charge on any atom is -0.480 e. The third kappa shape index (κ3) is 4.72. The van der Waals surface area contributed by atoms with Crippen molar-refractivity contribution in [3.63, 3.8) is 0 Å². The van der Waals surface area contributed by atoms with Crippen LogP contribution < -0.4 is 10.6 Å². The first-order chi connectivity index (χ1) is 8.81. The third-order valence-corrected chi connectivity index (χ3v) is 4.00. The van der Waals surface area contributed by atoms with E-state index in [4.69, 9.17) is 16.7 Å². The van der Waals surface area contributed by atoms with Crippen LogP contribution in [-0.2, 0) is 4.79 Å². The first kappa shape index (κ1) is 15.8. The van der Waals surface area contributed by atoms with E-state index >= 15 is 0 Å². The van der Waals surface area contributed by atoms with Gasteiger partial charge in [-0.05, 0) is 25.0 Å². The minimum atomic E-state index is -1.04. The fourth-order valence-electron chi connectivity index (χ4n) is 1.53. The molecule has 5 nitrogen and oxygen atoms in total. The predicted octanol–water partition coefficient (Wildman–Crippen LogP) is 2.87. The number of rotatable bonds is 5. The summed E-state index contributed by atoms with van der Waals surface area (Å²) in [6.45, 7) is 5.29. The van der Waals surface area contributed by atoms with Crippen LogP contribution in [0.1, 0.15) is 31.7 Å². The number of urea groups is 1. The number of hydrogen-bond donors (Lipinski definition) is 3. The van der Waals surface area contributed by atoms with E-state index in [0.717, 1.165) is 4.88 Å². The Morgan fingerprint density at radius 1 is 1.26 bits per heavy atom. The highest BCUT2D eigenvalue weighted by atomic mass is 35.5. The molecule has 3 N–H and O–H groups in total. The molecule has 2 atom stereocenters. The molecular formula is C12H17ClN2O3S. The van der Waals surface area contributed by atoms with Crippen molar-refractivity contribution in [1.29, 1.82) is 0 Å². The Labute approximate surface area is 121 Å². The third-order valence-electron chi connectivity index (χ3n) is 2.59. The smallest absolute Gasteiger partial charge is 0.326 e. The van der Waals surface area contributed by atoms with Crippen molar-refractivity contribution in [3.8, 4) is 0 Å². The Morgan fingerprint density at radius 3 is 2.32 bits per heavy atom. The number of nitrogens with one attached hydrogen (secondary N) is 2. The molecule has 1 aromatic heterocycles. The van der Waals surface area contributed by atoms with Crippen molar-refractivity contribution in [2.45, 2.75) is 32.9 Å². The van der Waals surface area contributed by atoms with E-state index in [0.29, 0.717) is 4.34 Å². The number of amides is 2. The molecule has 0 aliphatic heterocycles. The molecule has 2 unspecified atom stereocenters. The molecule has 1 rings (SSSR count). The summed E-state index contributed by atoms with van der Waals surface area (Å²) >= 11 is 7.20. The zero-order valence-corrected chi connectivity index (χ0v) is 12.5. The summed E-state index contributed by atoms with van der Waals surface area (Å²) < 4.78 is 0.648. The Balaban J connectivity index is 2.57. The van der Waals surface area contributed by atoms with Crippen LogP contribution in [0.4, 0.5) is 4.79 Å². The second-order valence-corrected chi connectivity index (χ2v) is 6.29. The van der Waals surface area contributed by atoms with Gasteiger partial charge in [0, 0.05) is 4.88 Å². The van der Waals surface area contributed by atoms with Crippen molar-refractivity contribution in [2.24, 2.45) is 5.92 Å². The lowest BCUT2D eigenvalue weighted by Crippen LogP contribution is -2.49. The molecule has 0 bridgehead atoms. The molecule has 2 amide bonds. The number of hydrogen-bond acceptors (Lipinski definition) is 3. The van der Waals surface area contributed by atoms with E-state index in [9.17, 15) is 9.59 Å². The van der Waals surface area contributed by atoms with Crippen molar-refractivity contribution >= 4 is 34.9 Å². The Morgan fingerprint density at radius 2 is 1.89 bits per heavy atom. The lowest BCUT2D eigenvalue weighted by molar-refractivity contribution is -0.140. The van der Waals surface area contributed by atoms with Gasteiger partial charge in [0.25, 0.3) is 0 Å². The van der Waals surface area contributed by atoms with Gasteiger partial charge in [-0.25, -0.2) is 9.59 Å². The van der Waals surface area contributed by atoms with E-state index in [-0.39, 0.29) is 12.0 Å². The van der Waals surface area contributed by atoms with Gasteiger partial charge in [0.15, 0.2) is 0 Å². The largest absolute Gasteiger partial charge is 0.480 e. The highest BCUT2D eigenvalue weighted by molar-refractivity contribution is 7.16. The van der Waals surface area contributed by atoms with Gasteiger partial charge in [0.1, 0.15) is 6.04 Å². The van der Waals surface area contributed by atoms with E-state index in [1.165, 1.54) is 11.3 Å². The van der Waals surface area contributed by atoms with E-state index in [1.807, 2.05) is 13.0 Å². The molecule has 0 fully saturated rings. The number of carboxylic acids is 1.